The van der Waals surface area contributed by atoms with Gasteiger partial charge in [0, 0.05) is 37.1 Å². The largest absolute Gasteiger partial charge is 0.416 e. The van der Waals surface area contributed by atoms with E-state index in [0.717, 1.165) is 19.3 Å². The molecule has 2 aliphatic rings. The predicted octanol–water partition coefficient (Wildman–Crippen LogP) is 5.75. The van der Waals surface area contributed by atoms with Gasteiger partial charge in [0.2, 0.25) is 5.91 Å². The Labute approximate surface area is 211 Å². The molecular formula is C27H30F6N2O2. The fourth-order valence-electron chi connectivity index (χ4n) is 5.26. The number of amides is 1. The zero-order valence-corrected chi connectivity index (χ0v) is 20.2. The highest BCUT2D eigenvalue weighted by molar-refractivity contribution is 5.79. The summed E-state index contributed by atoms with van der Waals surface area (Å²) in [6, 6.07) is 11.9. The van der Waals surface area contributed by atoms with Crippen LogP contribution in [0.1, 0.15) is 47.9 Å². The van der Waals surface area contributed by atoms with Crippen molar-refractivity contribution in [3.63, 3.8) is 0 Å². The Balaban J connectivity index is 1.32. The minimum atomic E-state index is -4.92. The molecule has 10 heteroatoms. The molecule has 1 saturated carbocycles. The maximum atomic E-state index is 13.1. The molecule has 2 N–H and O–H groups in total. The first-order chi connectivity index (χ1) is 17.5. The molecule has 0 spiro atoms. The molecule has 202 valence electrons. The minimum Gasteiger partial charge on any atom is -0.381 e. The summed E-state index contributed by atoms with van der Waals surface area (Å²) in [5.74, 6) is -0.409. The van der Waals surface area contributed by atoms with Crippen LogP contribution < -0.4 is 10.6 Å². The van der Waals surface area contributed by atoms with Crippen molar-refractivity contribution < 1.29 is 35.9 Å². The summed E-state index contributed by atoms with van der Waals surface area (Å²) in [6.45, 7) is 0.913. The van der Waals surface area contributed by atoms with E-state index >= 15 is 0 Å². The first-order valence-electron chi connectivity index (χ1n) is 12.4. The van der Waals surface area contributed by atoms with Crippen LogP contribution in [0.4, 0.5) is 26.3 Å². The Morgan fingerprint density at radius 3 is 2.22 bits per heavy atom. The van der Waals surface area contributed by atoms with Crippen molar-refractivity contribution in [3.8, 4) is 0 Å². The molecule has 2 fully saturated rings. The molecule has 37 heavy (non-hydrogen) atoms. The third kappa shape index (κ3) is 7.47. The number of halogens is 6. The van der Waals surface area contributed by atoms with Crippen LogP contribution in [0, 0.1) is 11.8 Å². The van der Waals surface area contributed by atoms with E-state index in [4.69, 9.17) is 4.74 Å². The standard InChI is InChI=1S/C27H30F6N2O2/c28-26(29,30)21-11-18(12-22(14-21)27(31,32)33)15-34-25(36)19-6-7-23(13-19)35-24-8-9-37-16-20(24)10-17-4-2-1-3-5-17/h1-5,11-12,14,19-20,23-24,35H,6-10,13,15-16H2,(H,34,36)/t19-,20?,23?,24?/m0/s1. The molecule has 1 amide bonds. The topological polar surface area (TPSA) is 50.4 Å². The second-order valence-corrected chi connectivity index (χ2v) is 9.93. The van der Waals surface area contributed by atoms with Crippen LogP contribution in [0.3, 0.4) is 0 Å². The van der Waals surface area contributed by atoms with Crippen LogP contribution in [-0.2, 0) is 34.8 Å². The van der Waals surface area contributed by atoms with Gasteiger partial charge < -0.3 is 15.4 Å². The summed E-state index contributed by atoms with van der Waals surface area (Å²) in [4.78, 5) is 12.7. The zero-order chi connectivity index (χ0) is 26.6. The molecule has 3 unspecified atom stereocenters. The van der Waals surface area contributed by atoms with Crippen molar-refractivity contribution >= 4 is 5.91 Å². The highest BCUT2D eigenvalue weighted by atomic mass is 19.4. The fourth-order valence-corrected chi connectivity index (χ4v) is 5.26. The lowest BCUT2D eigenvalue weighted by Gasteiger charge is -2.34. The average Bonchev–Trinajstić information content (AvgIpc) is 3.32. The summed E-state index contributed by atoms with van der Waals surface area (Å²) in [7, 11) is 0. The van der Waals surface area contributed by atoms with Gasteiger partial charge in [-0.1, -0.05) is 30.3 Å². The predicted molar refractivity (Wildman–Crippen MR) is 125 cm³/mol. The molecule has 0 aromatic heterocycles. The number of rotatable bonds is 7. The van der Waals surface area contributed by atoms with Gasteiger partial charge in [0.15, 0.2) is 0 Å². The van der Waals surface area contributed by atoms with Gasteiger partial charge in [0.25, 0.3) is 0 Å². The Morgan fingerprint density at radius 2 is 1.57 bits per heavy atom. The van der Waals surface area contributed by atoms with E-state index in [1.807, 2.05) is 18.2 Å². The van der Waals surface area contributed by atoms with Crippen molar-refractivity contribution in [2.75, 3.05) is 13.2 Å². The Kier molecular flexibility index (Phi) is 8.48. The third-order valence-corrected chi connectivity index (χ3v) is 7.18. The van der Waals surface area contributed by atoms with Crippen molar-refractivity contribution in [2.45, 2.75) is 63.1 Å². The molecule has 4 rings (SSSR count). The number of alkyl halides is 6. The van der Waals surface area contributed by atoms with Gasteiger partial charge in [-0.3, -0.25) is 4.79 Å². The minimum absolute atomic E-state index is 0.0833. The van der Waals surface area contributed by atoms with Crippen LogP contribution in [0.5, 0.6) is 0 Å². The molecule has 1 aliphatic carbocycles. The van der Waals surface area contributed by atoms with E-state index in [1.54, 1.807) is 0 Å². The molecule has 0 bridgehead atoms. The van der Waals surface area contributed by atoms with Crippen LogP contribution in [0.15, 0.2) is 48.5 Å². The number of carbonyl (C=O) groups is 1. The molecule has 0 radical (unpaired) electrons. The van der Waals surface area contributed by atoms with Crippen LogP contribution in [0.25, 0.3) is 0 Å². The summed E-state index contributed by atoms with van der Waals surface area (Å²) in [5, 5.41) is 6.23. The second kappa shape index (κ2) is 11.4. The summed E-state index contributed by atoms with van der Waals surface area (Å²) in [6.07, 6.45) is -6.16. The Bertz CT molecular complexity index is 1020. The molecule has 4 atom stereocenters. The first kappa shape index (κ1) is 27.4. The van der Waals surface area contributed by atoms with E-state index in [9.17, 15) is 31.1 Å². The van der Waals surface area contributed by atoms with Crippen molar-refractivity contribution in [3.05, 3.63) is 70.8 Å². The average molecular weight is 529 g/mol. The molecule has 2 aromatic carbocycles. The van der Waals surface area contributed by atoms with E-state index in [-0.39, 0.29) is 35.5 Å². The van der Waals surface area contributed by atoms with Gasteiger partial charge in [-0.15, -0.1) is 0 Å². The Morgan fingerprint density at radius 1 is 0.892 bits per heavy atom. The van der Waals surface area contributed by atoms with Gasteiger partial charge >= 0.3 is 12.4 Å². The zero-order valence-electron chi connectivity index (χ0n) is 20.2. The molecule has 1 aliphatic heterocycles. The quantitative estimate of drug-likeness (QED) is 0.451. The van der Waals surface area contributed by atoms with E-state index in [1.165, 1.54) is 5.56 Å². The van der Waals surface area contributed by atoms with Crippen molar-refractivity contribution in [1.82, 2.24) is 10.6 Å². The van der Waals surface area contributed by atoms with Gasteiger partial charge in [0.1, 0.15) is 0 Å². The van der Waals surface area contributed by atoms with E-state index in [2.05, 4.69) is 22.8 Å². The Hall–Kier alpha value is -2.59. The molecule has 2 aromatic rings. The molecule has 1 heterocycles. The first-order valence-corrected chi connectivity index (χ1v) is 12.4. The lowest BCUT2D eigenvalue weighted by atomic mass is 9.88. The molecule has 4 nitrogen and oxygen atoms in total. The molecule has 1 saturated heterocycles. The fraction of sp³-hybridized carbons (Fsp3) is 0.519. The second-order valence-electron chi connectivity index (χ2n) is 9.93. The highest BCUT2D eigenvalue weighted by Gasteiger charge is 2.37. The van der Waals surface area contributed by atoms with Gasteiger partial charge in [0.05, 0.1) is 17.7 Å². The number of carbonyl (C=O) groups excluding carboxylic acids is 1. The maximum absolute atomic E-state index is 13.1. The third-order valence-electron chi connectivity index (χ3n) is 7.18. The molecular weight excluding hydrogens is 498 g/mol. The number of benzene rings is 2. The van der Waals surface area contributed by atoms with Gasteiger partial charge in [-0.05, 0) is 61.4 Å². The summed E-state index contributed by atoms with van der Waals surface area (Å²) >= 11 is 0. The van der Waals surface area contributed by atoms with Crippen molar-refractivity contribution in [1.29, 1.82) is 0 Å². The van der Waals surface area contributed by atoms with Crippen LogP contribution >= 0.6 is 0 Å². The summed E-state index contributed by atoms with van der Waals surface area (Å²) < 4.78 is 84.3. The monoisotopic (exact) mass is 528 g/mol. The number of ether oxygens (including phenoxy) is 1. The van der Waals surface area contributed by atoms with E-state index < -0.39 is 30.0 Å². The number of nitrogens with one attached hydrogen (secondary N) is 2. The van der Waals surface area contributed by atoms with Crippen LogP contribution in [0.2, 0.25) is 0 Å². The van der Waals surface area contributed by atoms with Gasteiger partial charge in [-0.2, -0.15) is 26.3 Å². The normalized spacial score (nSPS) is 24.7. The van der Waals surface area contributed by atoms with E-state index in [0.29, 0.717) is 44.1 Å². The number of hydrogen-bond acceptors (Lipinski definition) is 3. The highest BCUT2D eigenvalue weighted by Crippen LogP contribution is 2.36. The lowest BCUT2D eigenvalue weighted by molar-refractivity contribution is -0.143. The maximum Gasteiger partial charge on any atom is 0.416 e. The smallest absolute Gasteiger partial charge is 0.381 e. The lowest BCUT2D eigenvalue weighted by Crippen LogP contribution is -2.47. The van der Waals surface area contributed by atoms with Gasteiger partial charge in [-0.25, -0.2) is 0 Å². The summed E-state index contributed by atoms with van der Waals surface area (Å²) in [5.41, 5.74) is -1.79. The SMILES string of the molecule is O=C(NCc1cc(C(F)(F)F)cc(C(F)(F)F)c1)[C@H]1CCC(NC2CCOCC2Cc2ccccc2)C1. The van der Waals surface area contributed by atoms with Crippen LogP contribution in [-0.4, -0.2) is 31.2 Å². The van der Waals surface area contributed by atoms with Crippen molar-refractivity contribution in [2.24, 2.45) is 11.8 Å². The number of hydrogen-bond donors (Lipinski definition) is 2.